The number of sulfone groups is 1. The maximum Gasteiger partial charge on any atom is 0.417 e. The molecule has 1 aliphatic heterocycles. The Morgan fingerprint density at radius 1 is 1.03 bits per heavy atom. The Morgan fingerprint density at radius 3 is 2.28 bits per heavy atom. The first-order chi connectivity index (χ1) is 15.0. The van der Waals surface area contributed by atoms with Crippen molar-refractivity contribution in [2.75, 3.05) is 16.5 Å². The van der Waals surface area contributed by atoms with Crippen molar-refractivity contribution in [1.82, 2.24) is 4.98 Å². The zero-order valence-electron chi connectivity index (χ0n) is 16.8. The minimum absolute atomic E-state index is 0.0207. The van der Waals surface area contributed by atoms with Crippen molar-refractivity contribution in [3.8, 4) is 0 Å². The van der Waals surface area contributed by atoms with Crippen LogP contribution < -0.4 is 10.2 Å². The van der Waals surface area contributed by atoms with E-state index in [0.29, 0.717) is 19.3 Å². The molecule has 3 aromatic rings. The Morgan fingerprint density at radius 2 is 1.69 bits per heavy atom. The fourth-order valence-electron chi connectivity index (χ4n) is 3.52. The predicted octanol–water partition coefficient (Wildman–Crippen LogP) is 4.28. The lowest BCUT2D eigenvalue weighted by Gasteiger charge is -2.21. The smallest absolute Gasteiger partial charge is 0.347 e. The molecule has 0 fully saturated rings. The van der Waals surface area contributed by atoms with Gasteiger partial charge in [0.15, 0.2) is 9.84 Å². The number of fused-ring (bicyclic) bond motifs is 1. The summed E-state index contributed by atoms with van der Waals surface area (Å²) in [6.45, 7) is 0.802. The second-order valence-corrected chi connectivity index (χ2v) is 9.49. The summed E-state index contributed by atoms with van der Waals surface area (Å²) in [7, 11) is -3.52. The number of hydrogen-bond acceptors (Lipinski definition) is 5. The van der Waals surface area contributed by atoms with Crippen LogP contribution in [0.2, 0.25) is 0 Å². The van der Waals surface area contributed by atoms with Gasteiger partial charge in [-0.1, -0.05) is 30.3 Å². The molecule has 10 heteroatoms. The van der Waals surface area contributed by atoms with Crippen LogP contribution in [0.15, 0.2) is 65.7 Å². The third-order valence-electron chi connectivity index (χ3n) is 5.10. The number of halogens is 3. The van der Waals surface area contributed by atoms with E-state index in [1.165, 1.54) is 24.3 Å². The third kappa shape index (κ3) is 4.45. The summed E-state index contributed by atoms with van der Waals surface area (Å²) in [6, 6.07) is 13.8. The second-order valence-electron chi connectivity index (χ2n) is 7.47. The Kier molecular flexibility index (Phi) is 5.41. The van der Waals surface area contributed by atoms with E-state index in [2.05, 4.69) is 10.3 Å². The van der Waals surface area contributed by atoms with E-state index in [1.807, 2.05) is 24.3 Å². The van der Waals surface area contributed by atoms with Gasteiger partial charge in [0.1, 0.15) is 5.82 Å². The summed E-state index contributed by atoms with van der Waals surface area (Å²) in [5.41, 5.74) is 0.846. The summed E-state index contributed by atoms with van der Waals surface area (Å²) in [5.74, 6) is -0.703. The van der Waals surface area contributed by atoms with E-state index < -0.39 is 27.5 Å². The van der Waals surface area contributed by atoms with Crippen LogP contribution in [0.5, 0.6) is 0 Å². The average Bonchev–Trinajstić information content (AvgIpc) is 3.16. The number of aromatic nitrogens is 1. The first-order valence-electron chi connectivity index (χ1n) is 9.53. The van der Waals surface area contributed by atoms with E-state index in [9.17, 15) is 26.4 Å². The number of carbonyl (C=O) groups is 1. The van der Waals surface area contributed by atoms with Crippen LogP contribution in [-0.2, 0) is 29.1 Å². The van der Waals surface area contributed by atoms with Crippen LogP contribution >= 0.6 is 0 Å². The molecule has 0 spiro atoms. The maximum atomic E-state index is 13.3. The number of nitrogens with one attached hydrogen (secondary N) is 1. The van der Waals surface area contributed by atoms with Gasteiger partial charge in [0.25, 0.3) is 5.91 Å². The van der Waals surface area contributed by atoms with E-state index in [1.54, 1.807) is 4.90 Å². The molecule has 166 valence electrons. The number of nitrogens with zero attached hydrogens (tertiary/aromatic N) is 2. The molecule has 4 rings (SSSR count). The molecular formula is C22H18F3N3O3S. The van der Waals surface area contributed by atoms with Crippen molar-refractivity contribution in [3.63, 3.8) is 0 Å². The SMILES string of the molecule is CS(=O)(=O)c1cccc(NC(=O)c2cc(C(F)(F)F)cnc2N2Cc3ccccc3C2)c1. The number of pyridine rings is 1. The lowest BCUT2D eigenvalue weighted by molar-refractivity contribution is -0.137. The van der Waals surface area contributed by atoms with Gasteiger partial charge in [-0.3, -0.25) is 4.79 Å². The minimum atomic E-state index is -4.68. The zero-order chi connectivity index (χ0) is 23.1. The van der Waals surface area contributed by atoms with Crippen LogP contribution in [0.25, 0.3) is 0 Å². The summed E-state index contributed by atoms with van der Waals surface area (Å²) in [5, 5.41) is 2.50. The van der Waals surface area contributed by atoms with E-state index in [4.69, 9.17) is 0 Å². The molecule has 1 aromatic heterocycles. The van der Waals surface area contributed by atoms with Gasteiger partial charge in [0.2, 0.25) is 0 Å². The van der Waals surface area contributed by atoms with Crippen molar-refractivity contribution < 1.29 is 26.4 Å². The standard InChI is InChI=1S/C22H18F3N3O3S/c1-32(30,31)18-8-4-7-17(10-18)27-21(29)19-9-16(22(23,24)25)11-26-20(19)28-12-14-5-2-3-6-15(14)13-28/h2-11H,12-13H2,1H3,(H,27,29). The molecular weight excluding hydrogens is 443 g/mol. The quantitative estimate of drug-likeness (QED) is 0.628. The predicted molar refractivity (Wildman–Crippen MR) is 113 cm³/mol. The number of amides is 1. The van der Waals surface area contributed by atoms with E-state index in [-0.39, 0.29) is 22.0 Å². The van der Waals surface area contributed by atoms with Crippen LogP contribution in [0, 0.1) is 0 Å². The topological polar surface area (TPSA) is 79.4 Å². The molecule has 2 heterocycles. The van der Waals surface area contributed by atoms with Crippen molar-refractivity contribution in [2.24, 2.45) is 0 Å². The van der Waals surface area contributed by atoms with Crippen molar-refractivity contribution in [2.45, 2.75) is 24.2 Å². The number of rotatable bonds is 4. The lowest BCUT2D eigenvalue weighted by atomic mass is 10.1. The molecule has 1 amide bonds. The molecule has 0 bridgehead atoms. The van der Waals surface area contributed by atoms with E-state index >= 15 is 0 Å². The maximum absolute atomic E-state index is 13.3. The molecule has 1 N–H and O–H groups in total. The summed E-state index contributed by atoms with van der Waals surface area (Å²) < 4.78 is 63.5. The van der Waals surface area contributed by atoms with Gasteiger partial charge in [-0.15, -0.1) is 0 Å². The average molecular weight is 461 g/mol. The Bertz CT molecular complexity index is 1280. The van der Waals surface area contributed by atoms with Crippen molar-refractivity contribution in [3.05, 3.63) is 83.0 Å². The summed E-state index contributed by atoms with van der Waals surface area (Å²) >= 11 is 0. The van der Waals surface area contributed by atoms with Gasteiger partial charge in [0.05, 0.1) is 16.0 Å². The molecule has 32 heavy (non-hydrogen) atoms. The van der Waals surface area contributed by atoms with Crippen LogP contribution in [0.4, 0.5) is 24.7 Å². The highest BCUT2D eigenvalue weighted by Gasteiger charge is 2.34. The highest BCUT2D eigenvalue weighted by Crippen LogP contribution is 2.34. The lowest BCUT2D eigenvalue weighted by Crippen LogP contribution is -2.23. The molecule has 2 aromatic carbocycles. The highest BCUT2D eigenvalue weighted by molar-refractivity contribution is 7.90. The highest BCUT2D eigenvalue weighted by atomic mass is 32.2. The van der Waals surface area contributed by atoms with Gasteiger partial charge < -0.3 is 10.2 Å². The molecule has 0 saturated heterocycles. The van der Waals surface area contributed by atoms with Gasteiger partial charge in [-0.25, -0.2) is 13.4 Å². The minimum Gasteiger partial charge on any atom is -0.347 e. The fourth-order valence-corrected chi connectivity index (χ4v) is 4.18. The number of hydrogen-bond donors (Lipinski definition) is 1. The largest absolute Gasteiger partial charge is 0.417 e. The van der Waals surface area contributed by atoms with Crippen LogP contribution in [-0.4, -0.2) is 25.6 Å². The normalized spacial score (nSPS) is 13.7. The number of benzene rings is 2. The Labute approximate surface area is 182 Å². The van der Waals surface area contributed by atoms with E-state index in [0.717, 1.165) is 23.4 Å². The number of alkyl halides is 3. The first kappa shape index (κ1) is 21.8. The number of anilines is 2. The molecule has 0 radical (unpaired) electrons. The molecule has 6 nitrogen and oxygen atoms in total. The van der Waals surface area contributed by atoms with Gasteiger partial charge >= 0.3 is 6.18 Å². The molecule has 0 aliphatic carbocycles. The fraction of sp³-hybridized carbons (Fsp3) is 0.182. The molecule has 0 saturated carbocycles. The summed E-state index contributed by atoms with van der Waals surface area (Å²) in [4.78, 5) is 18.7. The monoisotopic (exact) mass is 461 g/mol. The Hall–Kier alpha value is -3.40. The van der Waals surface area contributed by atoms with Gasteiger partial charge in [0, 0.05) is 31.2 Å². The second kappa shape index (κ2) is 7.94. The summed E-state index contributed by atoms with van der Waals surface area (Å²) in [6.07, 6.45) is -2.95. The zero-order valence-corrected chi connectivity index (χ0v) is 17.7. The third-order valence-corrected chi connectivity index (χ3v) is 6.21. The van der Waals surface area contributed by atoms with Gasteiger partial charge in [-0.05, 0) is 35.4 Å². The van der Waals surface area contributed by atoms with Gasteiger partial charge in [-0.2, -0.15) is 13.2 Å². The number of carbonyl (C=O) groups excluding carboxylic acids is 1. The van der Waals surface area contributed by atoms with Crippen molar-refractivity contribution in [1.29, 1.82) is 0 Å². The van der Waals surface area contributed by atoms with Crippen LogP contribution in [0.1, 0.15) is 27.0 Å². The first-order valence-corrected chi connectivity index (χ1v) is 11.4. The molecule has 0 unspecified atom stereocenters. The Balaban J connectivity index is 1.71. The van der Waals surface area contributed by atoms with Crippen molar-refractivity contribution >= 4 is 27.2 Å². The molecule has 0 atom stereocenters. The van der Waals surface area contributed by atoms with Crippen LogP contribution in [0.3, 0.4) is 0 Å². The molecule has 1 aliphatic rings.